The summed E-state index contributed by atoms with van der Waals surface area (Å²) < 4.78 is 25.4. The van der Waals surface area contributed by atoms with E-state index in [0.29, 0.717) is 15.7 Å². The van der Waals surface area contributed by atoms with E-state index in [2.05, 4.69) is 42.5 Å². The molecule has 2 atom stereocenters. The van der Waals surface area contributed by atoms with Crippen LogP contribution in [0, 0.1) is 5.92 Å². The molecule has 2 aromatic carbocycles. The monoisotopic (exact) mass is 628 g/mol. The van der Waals surface area contributed by atoms with Crippen molar-refractivity contribution in [3.63, 3.8) is 0 Å². The van der Waals surface area contributed by atoms with E-state index in [-0.39, 0.29) is 22.4 Å². The van der Waals surface area contributed by atoms with Crippen LogP contribution in [0.25, 0.3) is 0 Å². The van der Waals surface area contributed by atoms with Crippen LogP contribution in [-0.4, -0.2) is 27.0 Å². The summed E-state index contributed by atoms with van der Waals surface area (Å²) in [6.07, 6.45) is -0.802. The van der Waals surface area contributed by atoms with Crippen molar-refractivity contribution in [2.75, 3.05) is 5.32 Å². The van der Waals surface area contributed by atoms with Crippen LogP contribution in [0.4, 0.5) is 14.5 Å². The van der Waals surface area contributed by atoms with E-state index >= 15 is 0 Å². The van der Waals surface area contributed by atoms with E-state index in [9.17, 15) is 18.4 Å². The number of nitrogens with one attached hydrogen (secondary N) is 2. The van der Waals surface area contributed by atoms with Gasteiger partial charge in [0, 0.05) is 40.5 Å². The van der Waals surface area contributed by atoms with E-state index in [0.717, 1.165) is 5.56 Å². The zero-order chi connectivity index (χ0) is 23.4. The molecule has 2 fully saturated rings. The Morgan fingerprint density at radius 3 is 2.22 bits per heavy atom. The molecule has 4 nitrogen and oxygen atoms in total. The molecule has 4 rings (SSSR count). The summed E-state index contributed by atoms with van der Waals surface area (Å²) >= 11 is 25.4. The van der Waals surface area contributed by atoms with Gasteiger partial charge < -0.3 is 10.6 Å². The number of anilines is 1. The third-order valence-corrected chi connectivity index (χ3v) is 8.22. The molecule has 2 N–H and O–H groups in total. The van der Waals surface area contributed by atoms with Crippen molar-refractivity contribution in [2.45, 2.75) is 34.0 Å². The zero-order valence-electron chi connectivity index (χ0n) is 16.1. The first kappa shape index (κ1) is 24.2. The highest BCUT2D eigenvalue weighted by Gasteiger charge is 2.66. The molecule has 0 aliphatic heterocycles. The minimum atomic E-state index is -2.75. The molecule has 170 valence electrons. The summed E-state index contributed by atoms with van der Waals surface area (Å²) in [6, 6.07) is 8.95. The number of benzene rings is 2. The Morgan fingerprint density at radius 1 is 1.00 bits per heavy atom. The van der Waals surface area contributed by atoms with Gasteiger partial charge in [-0.1, -0.05) is 66.7 Å². The Balaban J connectivity index is 1.46. The fourth-order valence-electron chi connectivity index (χ4n) is 3.85. The standard InChI is InChI=1S/C21H15Br2Cl3F2N2O2/c22-21(23)16(9-3-10(24)5-11(25)4-9)17(21)19(32)29-12-1-2-15(26)14(6-12)18(31)30-13-7-20(27,28)8-13/h1-6,13,16-17H,7-8H2,(H,29,32)(H,30,31). The second kappa shape index (κ2) is 8.69. The van der Waals surface area contributed by atoms with Crippen LogP contribution in [0.3, 0.4) is 0 Å². The van der Waals surface area contributed by atoms with E-state index in [4.69, 9.17) is 34.8 Å². The molecule has 0 bridgehead atoms. The van der Waals surface area contributed by atoms with Gasteiger partial charge in [-0.25, -0.2) is 8.78 Å². The van der Waals surface area contributed by atoms with Crippen molar-refractivity contribution < 1.29 is 18.4 Å². The molecule has 2 aliphatic rings. The number of rotatable bonds is 5. The first-order valence-corrected chi connectivity index (χ1v) is 12.2. The van der Waals surface area contributed by atoms with Gasteiger partial charge in [-0.15, -0.1) is 0 Å². The Hall–Kier alpha value is -0.930. The van der Waals surface area contributed by atoms with Crippen molar-refractivity contribution in [1.82, 2.24) is 5.32 Å². The quantitative estimate of drug-likeness (QED) is 0.349. The number of hydrogen-bond acceptors (Lipinski definition) is 2. The first-order valence-electron chi connectivity index (χ1n) is 9.50. The topological polar surface area (TPSA) is 58.2 Å². The molecule has 0 heterocycles. The Morgan fingerprint density at radius 2 is 1.62 bits per heavy atom. The molecule has 0 spiro atoms. The van der Waals surface area contributed by atoms with Crippen molar-refractivity contribution in [3.05, 3.63) is 62.6 Å². The Kier molecular flexibility index (Phi) is 6.57. The van der Waals surface area contributed by atoms with Gasteiger partial charge in [-0.05, 0) is 42.0 Å². The lowest BCUT2D eigenvalue weighted by Gasteiger charge is -2.35. The molecule has 0 aromatic heterocycles. The second-order valence-corrected chi connectivity index (χ2v) is 12.9. The average molecular weight is 632 g/mol. The molecule has 2 amide bonds. The smallest absolute Gasteiger partial charge is 0.253 e. The lowest BCUT2D eigenvalue weighted by molar-refractivity contribution is -0.117. The molecular weight excluding hydrogens is 616 g/mol. The zero-order valence-corrected chi connectivity index (χ0v) is 21.5. The van der Waals surface area contributed by atoms with Gasteiger partial charge in [0.05, 0.1) is 16.5 Å². The highest BCUT2D eigenvalue weighted by Crippen LogP contribution is 2.67. The van der Waals surface area contributed by atoms with E-state index in [1.165, 1.54) is 12.1 Å². The summed E-state index contributed by atoms with van der Waals surface area (Å²) in [6.45, 7) is 0. The van der Waals surface area contributed by atoms with Crippen LogP contribution < -0.4 is 10.6 Å². The fraction of sp³-hybridized carbons (Fsp3) is 0.333. The number of hydrogen-bond donors (Lipinski definition) is 2. The third-order valence-electron chi connectivity index (χ3n) is 5.48. The molecule has 0 radical (unpaired) electrons. The van der Waals surface area contributed by atoms with Crippen molar-refractivity contribution in [3.8, 4) is 0 Å². The van der Waals surface area contributed by atoms with E-state index in [1.807, 2.05) is 0 Å². The number of carbonyl (C=O) groups is 2. The van der Waals surface area contributed by atoms with Gasteiger partial charge in [-0.3, -0.25) is 9.59 Å². The minimum Gasteiger partial charge on any atom is -0.349 e. The molecule has 11 heteroatoms. The summed E-state index contributed by atoms with van der Waals surface area (Å²) in [5.74, 6) is -4.33. The van der Waals surface area contributed by atoms with Crippen molar-refractivity contribution >= 4 is 84.2 Å². The maximum atomic E-state index is 13.0. The number of alkyl halides is 4. The normalized spacial score (nSPS) is 23.2. The van der Waals surface area contributed by atoms with E-state index < -0.39 is 39.9 Å². The Bertz CT molecular complexity index is 1090. The molecule has 2 aromatic rings. The third kappa shape index (κ3) is 4.94. The van der Waals surface area contributed by atoms with Gasteiger partial charge in [0.1, 0.15) is 3.23 Å². The fourth-order valence-corrected chi connectivity index (χ4v) is 6.33. The van der Waals surface area contributed by atoms with Crippen LogP contribution >= 0.6 is 66.7 Å². The minimum absolute atomic E-state index is 0.0950. The van der Waals surface area contributed by atoms with E-state index in [1.54, 1.807) is 24.3 Å². The summed E-state index contributed by atoms with van der Waals surface area (Å²) in [7, 11) is 0. The van der Waals surface area contributed by atoms with Crippen LogP contribution in [0.1, 0.15) is 34.7 Å². The van der Waals surface area contributed by atoms with Gasteiger partial charge in [-0.2, -0.15) is 0 Å². The molecular formula is C21H15Br2Cl3F2N2O2. The second-order valence-electron chi connectivity index (χ2n) is 7.95. The lowest BCUT2D eigenvalue weighted by atomic mass is 9.88. The summed E-state index contributed by atoms with van der Waals surface area (Å²) in [5.41, 5.74) is 1.25. The van der Waals surface area contributed by atoms with Crippen LogP contribution in [-0.2, 0) is 4.79 Å². The molecule has 2 unspecified atom stereocenters. The number of halogens is 7. The van der Waals surface area contributed by atoms with Crippen molar-refractivity contribution in [1.29, 1.82) is 0 Å². The first-order chi connectivity index (χ1) is 14.9. The molecule has 2 saturated carbocycles. The largest absolute Gasteiger partial charge is 0.349 e. The Labute approximate surface area is 214 Å². The van der Waals surface area contributed by atoms with Crippen molar-refractivity contribution in [2.24, 2.45) is 5.92 Å². The maximum Gasteiger partial charge on any atom is 0.253 e. The van der Waals surface area contributed by atoms with Crippen LogP contribution in [0.2, 0.25) is 15.1 Å². The number of amides is 2. The predicted octanol–water partition coefficient (Wildman–Crippen LogP) is 7.01. The molecule has 32 heavy (non-hydrogen) atoms. The summed E-state index contributed by atoms with van der Waals surface area (Å²) in [5, 5.41) is 6.40. The molecule has 0 saturated heterocycles. The van der Waals surface area contributed by atoms with Gasteiger partial charge >= 0.3 is 0 Å². The highest BCUT2D eigenvalue weighted by atomic mass is 79.9. The summed E-state index contributed by atoms with van der Waals surface area (Å²) in [4.78, 5) is 25.4. The van der Waals surface area contributed by atoms with Gasteiger partial charge in [0.2, 0.25) is 5.91 Å². The molecule has 2 aliphatic carbocycles. The average Bonchev–Trinajstić information content (AvgIpc) is 3.23. The van der Waals surface area contributed by atoms with Gasteiger partial charge in [0.15, 0.2) is 0 Å². The van der Waals surface area contributed by atoms with Gasteiger partial charge in [0.25, 0.3) is 11.8 Å². The SMILES string of the molecule is O=C(NC1CC(F)(F)C1)c1cc(NC(=O)C2C(c3cc(Cl)cc(Cl)c3)C2(Br)Br)ccc1Cl. The lowest BCUT2D eigenvalue weighted by Crippen LogP contribution is -2.50. The maximum absolute atomic E-state index is 13.0. The number of carbonyl (C=O) groups excluding carboxylic acids is 2. The highest BCUT2D eigenvalue weighted by molar-refractivity contribution is 9.25. The van der Waals surface area contributed by atoms with Crippen LogP contribution in [0.5, 0.6) is 0 Å². The predicted molar refractivity (Wildman–Crippen MR) is 129 cm³/mol. The van der Waals surface area contributed by atoms with Crippen LogP contribution in [0.15, 0.2) is 36.4 Å².